The summed E-state index contributed by atoms with van der Waals surface area (Å²) in [5, 5.41) is 8.84. The molecule has 3 rings (SSSR count). The predicted octanol–water partition coefficient (Wildman–Crippen LogP) is 5.11. The van der Waals surface area contributed by atoms with Crippen LogP contribution in [0.4, 0.5) is 0 Å². The molecule has 0 radical (unpaired) electrons. The van der Waals surface area contributed by atoms with Gasteiger partial charge in [0.05, 0.1) is 11.6 Å². The van der Waals surface area contributed by atoms with Crippen LogP contribution in [0.5, 0.6) is 5.75 Å². The van der Waals surface area contributed by atoms with Gasteiger partial charge in [-0.05, 0) is 53.4 Å². The SMILES string of the molecule is Cc1ccccc1COc1ccc(-c2ccc(C#N)cc2)cc1. The molecular weight excluding hydrogens is 282 g/mol. The van der Waals surface area contributed by atoms with Crippen molar-refractivity contribution < 1.29 is 4.74 Å². The van der Waals surface area contributed by atoms with Gasteiger partial charge in [-0.3, -0.25) is 0 Å². The molecule has 0 saturated heterocycles. The molecule has 2 nitrogen and oxygen atoms in total. The lowest BCUT2D eigenvalue weighted by molar-refractivity contribution is 0.305. The molecule has 0 aliphatic carbocycles. The predicted molar refractivity (Wildman–Crippen MR) is 92.1 cm³/mol. The first-order chi connectivity index (χ1) is 11.3. The summed E-state index contributed by atoms with van der Waals surface area (Å²) < 4.78 is 5.86. The molecule has 0 aliphatic rings. The standard InChI is InChI=1S/C21H17NO/c1-16-4-2-3-5-20(16)15-23-21-12-10-19(11-13-21)18-8-6-17(14-22)7-9-18/h2-13H,15H2,1H3. The van der Waals surface area contributed by atoms with Crippen LogP contribution in [0.3, 0.4) is 0 Å². The molecule has 3 aromatic carbocycles. The lowest BCUT2D eigenvalue weighted by Gasteiger charge is -2.09. The molecule has 2 heteroatoms. The number of aryl methyl sites for hydroxylation is 1. The highest BCUT2D eigenvalue weighted by molar-refractivity contribution is 5.64. The van der Waals surface area contributed by atoms with Crippen molar-refractivity contribution in [3.63, 3.8) is 0 Å². The van der Waals surface area contributed by atoms with Crippen LogP contribution in [0.2, 0.25) is 0 Å². The summed E-state index contributed by atoms with van der Waals surface area (Å²) in [4.78, 5) is 0. The fraction of sp³-hybridized carbons (Fsp3) is 0.0952. The van der Waals surface area contributed by atoms with Crippen molar-refractivity contribution in [1.82, 2.24) is 0 Å². The Hall–Kier alpha value is -3.05. The highest BCUT2D eigenvalue weighted by Crippen LogP contribution is 2.23. The summed E-state index contributed by atoms with van der Waals surface area (Å²) in [6, 6.07) is 26.0. The summed E-state index contributed by atoms with van der Waals surface area (Å²) in [5.41, 5.74) is 5.31. The Labute approximate surface area is 136 Å². The molecular formula is C21H17NO. The second-order valence-electron chi connectivity index (χ2n) is 5.43. The van der Waals surface area contributed by atoms with Gasteiger partial charge in [0.15, 0.2) is 0 Å². The highest BCUT2D eigenvalue weighted by atomic mass is 16.5. The Morgan fingerprint density at radius 2 is 1.43 bits per heavy atom. The molecule has 0 spiro atoms. The van der Waals surface area contributed by atoms with Gasteiger partial charge < -0.3 is 4.74 Å². The maximum absolute atomic E-state index is 8.84. The molecule has 3 aromatic rings. The van der Waals surface area contributed by atoms with Gasteiger partial charge in [0.2, 0.25) is 0 Å². The lowest BCUT2D eigenvalue weighted by Crippen LogP contribution is -1.97. The van der Waals surface area contributed by atoms with E-state index in [4.69, 9.17) is 10.00 Å². The Morgan fingerprint density at radius 1 is 0.826 bits per heavy atom. The molecule has 0 unspecified atom stereocenters. The molecule has 23 heavy (non-hydrogen) atoms. The Balaban J connectivity index is 1.69. The van der Waals surface area contributed by atoms with Crippen molar-refractivity contribution in [2.75, 3.05) is 0 Å². The fourth-order valence-electron chi connectivity index (χ4n) is 2.41. The van der Waals surface area contributed by atoms with Crippen LogP contribution < -0.4 is 4.74 Å². The third kappa shape index (κ3) is 3.59. The van der Waals surface area contributed by atoms with Gasteiger partial charge in [-0.15, -0.1) is 0 Å². The van der Waals surface area contributed by atoms with Gasteiger partial charge in [0.1, 0.15) is 12.4 Å². The first-order valence-electron chi connectivity index (χ1n) is 7.54. The van der Waals surface area contributed by atoms with Crippen LogP contribution in [-0.4, -0.2) is 0 Å². The van der Waals surface area contributed by atoms with E-state index < -0.39 is 0 Å². The third-order valence-electron chi connectivity index (χ3n) is 3.86. The summed E-state index contributed by atoms with van der Waals surface area (Å²) >= 11 is 0. The van der Waals surface area contributed by atoms with Crippen molar-refractivity contribution >= 4 is 0 Å². The maximum Gasteiger partial charge on any atom is 0.119 e. The zero-order valence-electron chi connectivity index (χ0n) is 13.0. The Bertz CT molecular complexity index is 827. The fourth-order valence-corrected chi connectivity index (χ4v) is 2.41. The summed E-state index contributed by atoms with van der Waals surface area (Å²) in [5.74, 6) is 0.852. The number of nitrogens with zero attached hydrogens (tertiary/aromatic N) is 1. The van der Waals surface area contributed by atoms with E-state index >= 15 is 0 Å². The first kappa shape index (κ1) is 14.9. The van der Waals surface area contributed by atoms with Gasteiger partial charge in [0, 0.05) is 0 Å². The minimum atomic E-state index is 0.572. The number of hydrogen-bond acceptors (Lipinski definition) is 2. The van der Waals surface area contributed by atoms with Crippen molar-refractivity contribution in [3.05, 3.63) is 89.5 Å². The van der Waals surface area contributed by atoms with Gasteiger partial charge in [-0.25, -0.2) is 0 Å². The van der Waals surface area contributed by atoms with Crippen molar-refractivity contribution in [3.8, 4) is 22.9 Å². The molecule has 0 heterocycles. The third-order valence-corrected chi connectivity index (χ3v) is 3.86. The van der Waals surface area contributed by atoms with Crippen molar-refractivity contribution in [2.45, 2.75) is 13.5 Å². The molecule has 0 atom stereocenters. The molecule has 0 aliphatic heterocycles. The van der Waals surface area contributed by atoms with Crippen LogP contribution in [0.25, 0.3) is 11.1 Å². The first-order valence-corrected chi connectivity index (χ1v) is 7.54. The summed E-state index contributed by atoms with van der Waals surface area (Å²) in [7, 11) is 0. The lowest BCUT2D eigenvalue weighted by atomic mass is 10.0. The van der Waals surface area contributed by atoms with Crippen molar-refractivity contribution in [2.24, 2.45) is 0 Å². The summed E-state index contributed by atoms with van der Waals surface area (Å²) in [6.45, 7) is 2.66. The largest absolute Gasteiger partial charge is 0.489 e. The number of hydrogen-bond donors (Lipinski definition) is 0. The van der Waals surface area contributed by atoms with Gasteiger partial charge in [-0.2, -0.15) is 5.26 Å². The smallest absolute Gasteiger partial charge is 0.119 e. The highest BCUT2D eigenvalue weighted by Gasteiger charge is 2.01. The van der Waals surface area contributed by atoms with E-state index in [-0.39, 0.29) is 0 Å². The second kappa shape index (κ2) is 6.81. The topological polar surface area (TPSA) is 33.0 Å². The van der Waals surface area contributed by atoms with Crippen molar-refractivity contribution in [1.29, 1.82) is 5.26 Å². The molecule has 0 amide bonds. The van der Waals surface area contributed by atoms with Crippen LogP contribution in [0, 0.1) is 18.3 Å². The average Bonchev–Trinajstić information content (AvgIpc) is 2.62. The molecule has 0 N–H and O–H groups in total. The van der Waals surface area contributed by atoms with Crippen LogP contribution >= 0.6 is 0 Å². The molecule has 0 fully saturated rings. The number of nitriles is 1. The van der Waals surface area contributed by atoms with E-state index in [1.165, 1.54) is 11.1 Å². The Morgan fingerprint density at radius 3 is 2.04 bits per heavy atom. The van der Waals surface area contributed by atoms with Crippen LogP contribution in [0.15, 0.2) is 72.8 Å². The van der Waals surface area contributed by atoms with Crippen LogP contribution in [-0.2, 0) is 6.61 Å². The molecule has 0 aromatic heterocycles. The average molecular weight is 299 g/mol. The maximum atomic E-state index is 8.84. The monoisotopic (exact) mass is 299 g/mol. The number of benzene rings is 3. The number of ether oxygens (including phenoxy) is 1. The zero-order chi connectivity index (χ0) is 16.1. The normalized spacial score (nSPS) is 10.1. The van der Waals surface area contributed by atoms with Gasteiger partial charge >= 0.3 is 0 Å². The van der Waals surface area contributed by atoms with Gasteiger partial charge in [0.25, 0.3) is 0 Å². The quantitative estimate of drug-likeness (QED) is 0.670. The molecule has 0 bridgehead atoms. The van der Waals surface area contributed by atoms with E-state index in [9.17, 15) is 0 Å². The van der Waals surface area contributed by atoms with Gasteiger partial charge in [-0.1, -0.05) is 48.5 Å². The summed E-state index contributed by atoms with van der Waals surface area (Å²) in [6.07, 6.45) is 0. The van der Waals surface area contributed by atoms with E-state index in [1.807, 2.05) is 60.7 Å². The minimum absolute atomic E-state index is 0.572. The second-order valence-corrected chi connectivity index (χ2v) is 5.43. The van der Waals surface area contributed by atoms with Crippen LogP contribution in [0.1, 0.15) is 16.7 Å². The van der Waals surface area contributed by atoms with E-state index in [2.05, 4.69) is 25.1 Å². The van der Waals surface area contributed by atoms with E-state index in [1.54, 1.807) is 0 Å². The molecule has 0 saturated carbocycles. The van der Waals surface area contributed by atoms with E-state index in [0.717, 1.165) is 16.9 Å². The minimum Gasteiger partial charge on any atom is -0.489 e. The number of rotatable bonds is 4. The zero-order valence-corrected chi connectivity index (χ0v) is 13.0. The molecule has 112 valence electrons. The Kier molecular flexibility index (Phi) is 4.40. The van der Waals surface area contributed by atoms with E-state index in [0.29, 0.717) is 12.2 Å².